The van der Waals surface area contributed by atoms with E-state index in [9.17, 15) is 9.59 Å². The van der Waals surface area contributed by atoms with Crippen LogP contribution in [-0.2, 0) is 28.8 Å². The van der Waals surface area contributed by atoms with Crippen LogP contribution in [0.3, 0.4) is 0 Å². The smallest absolute Gasteiger partial charge is 0.306 e. The van der Waals surface area contributed by atoms with E-state index < -0.39 is 0 Å². The lowest BCUT2D eigenvalue weighted by atomic mass is 9.90. The highest BCUT2D eigenvalue weighted by molar-refractivity contribution is 7.18. The molecule has 28 heavy (non-hydrogen) atoms. The molecule has 0 saturated heterocycles. The first-order valence-corrected chi connectivity index (χ1v) is 10.7. The highest BCUT2D eigenvalue weighted by Crippen LogP contribution is 2.23. The summed E-state index contributed by atoms with van der Waals surface area (Å²) >= 11 is 1.66. The molecule has 0 bridgehead atoms. The number of hydrogen-bond donors (Lipinski definition) is 0. The van der Waals surface area contributed by atoms with Gasteiger partial charge in [-0.2, -0.15) is 0 Å². The summed E-state index contributed by atoms with van der Waals surface area (Å²) in [5.41, 5.74) is 4.25. The number of fused-ring (bicyclic) bond motifs is 2. The molecule has 0 unspecified atom stereocenters. The normalized spacial score (nSPS) is 13.3. The van der Waals surface area contributed by atoms with E-state index in [4.69, 9.17) is 4.74 Å². The van der Waals surface area contributed by atoms with Crippen LogP contribution >= 0.6 is 11.3 Å². The molecule has 144 valence electrons. The topological polar surface area (TPSA) is 56.3 Å². The molecule has 1 aromatic heterocycles. The third-order valence-electron chi connectivity index (χ3n) is 5.14. The van der Waals surface area contributed by atoms with E-state index in [0.29, 0.717) is 18.4 Å². The summed E-state index contributed by atoms with van der Waals surface area (Å²) in [4.78, 5) is 28.9. The van der Waals surface area contributed by atoms with Crippen LogP contribution in [0.5, 0.6) is 0 Å². The fourth-order valence-electron chi connectivity index (χ4n) is 3.62. The molecule has 0 radical (unpaired) electrons. The first kappa shape index (κ1) is 18.8. The number of ketones is 1. The molecule has 3 aromatic rings. The first-order chi connectivity index (χ1) is 13.7. The van der Waals surface area contributed by atoms with Crippen molar-refractivity contribution in [1.29, 1.82) is 0 Å². The number of hydrogen-bond acceptors (Lipinski definition) is 5. The molecule has 0 aliphatic heterocycles. The van der Waals surface area contributed by atoms with Gasteiger partial charge in [0, 0.05) is 12.0 Å². The number of ether oxygens (including phenoxy) is 1. The standard InChI is InChI=1S/C23H23NO3S/c25-20(18-13-12-16-6-1-2-7-17(16)14-18)15-27-23(26)11-5-10-22-24-19-8-3-4-9-21(19)28-22/h3-4,8-9,12-14H,1-2,5-7,10-11,15H2. The summed E-state index contributed by atoms with van der Waals surface area (Å²) in [5, 5.41) is 1.03. The third-order valence-corrected chi connectivity index (χ3v) is 6.24. The Labute approximate surface area is 168 Å². The number of benzene rings is 2. The SMILES string of the molecule is O=C(CCCc1nc2ccccc2s1)OCC(=O)c1ccc2c(c1)CCCC2. The molecule has 0 fully saturated rings. The summed E-state index contributed by atoms with van der Waals surface area (Å²) < 4.78 is 6.36. The number of rotatable bonds is 7. The van der Waals surface area contributed by atoms with Crippen molar-refractivity contribution in [3.8, 4) is 0 Å². The first-order valence-electron chi connectivity index (χ1n) is 9.84. The van der Waals surface area contributed by atoms with Crippen LogP contribution in [0.1, 0.15) is 52.2 Å². The molecule has 0 saturated carbocycles. The van der Waals surface area contributed by atoms with Gasteiger partial charge in [-0.3, -0.25) is 9.59 Å². The summed E-state index contributed by atoms with van der Waals surface area (Å²) in [5.74, 6) is -0.458. The summed E-state index contributed by atoms with van der Waals surface area (Å²) in [6.45, 7) is -0.182. The second kappa shape index (κ2) is 8.65. The lowest BCUT2D eigenvalue weighted by Crippen LogP contribution is -2.15. The Kier molecular flexibility index (Phi) is 5.81. The van der Waals surface area contributed by atoms with Crippen LogP contribution in [0.2, 0.25) is 0 Å². The number of nitrogens with zero attached hydrogens (tertiary/aromatic N) is 1. The molecule has 1 aliphatic carbocycles. The van der Waals surface area contributed by atoms with E-state index in [-0.39, 0.29) is 18.4 Å². The molecule has 5 heteroatoms. The molecule has 2 aromatic carbocycles. The van der Waals surface area contributed by atoms with Crippen LogP contribution in [0.4, 0.5) is 0 Å². The number of Topliss-reactive ketones (excluding diaryl/α,β-unsaturated/α-hetero) is 1. The number of esters is 1. The maximum atomic E-state index is 12.3. The van der Waals surface area contributed by atoms with Gasteiger partial charge in [0.15, 0.2) is 12.4 Å². The largest absolute Gasteiger partial charge is 0.457 e. The number of carbonyl (C=O) groups is 2. The Morgan fingerprint density at radius 3 is 2.71 bits per heavy atom. The minimum Gasteiger partial charge on any atom is -0.457 e. The lowest BCUT2D eigenvalue weighted by molar-refractivity contribution is -0.142. The highest BCUT2D eigenvalue weighted by Gasteiger charge is 2.14. The van der Waals surface area contributed by atoms with Crippen LogP contribution < -0.4 is 0 Å². The molecule has 4 rings (SSSR count). The fourth-order valence-corrected chi connectivity index (χ4v) is 4.63. The van der Waals surface area contributed by atoms with Crippen LogP contribution in [0.25, 0.3) is 10.2 Å². The monoisotopic (exact) mass is 393 g/mol. The van der Waals surface area contributed by atoms with E-state index in [0.717, 1.165) is 34.5 Å². The lowest BCUT2D eigenvalue weighted by Gasteiger charge is -2.16. The molecule has 0 N–H and O–H groups in total. The van der Waals surface area contributed by atoms with E-state index in [1.54, 1.807) is 11.3 Å². The molecule has 0 atom stereocenters. The Hall–Kier alpha value is -2.53. The summed E-state index contributed by atoms with van der Waals surface area (Å²) in [7, 11) is 0. The van der Waals surface area contributed by atoms with Gasteiger partial charge in [-0.05, 0) is 67.9 Å². The van der Waals surface area contributed by atoms with Crippen molar-refractivity contribution in [2.45, 2.75) is 44.9 Å². The Morgan fingerprint density at radius 2 is 1.86 bits per heavy atom. The predicted molar refractivity (Wildman–Crippen MR) is 111 cm³/mol. The summed E-state index contributed by atoms with van der Waals surface area (Å²) in [6.07, 6.45) is 6.23. The average Bonchev–Trinajstić information content (AvgIpc) is 3.14. The molecule has 0 spiro atoms. The molecular formula is C23H23NO3S. The average molecular weight is 394 g/mol. The Morgan fingerprint density at radius 1 is 1.04 bits per heavy atom. The van der Waals surface area contributed by atoms with E-state index >= 15 is 0 Å². The minimum atomic E-state index is -0.326. The second-order valence-electron chi connectivity index (χ2n) is 7.20. The number of aryl methyl sites for hydroxylation is 3. The van der Waals surface area contributed by atoms with Gasteiger partial charge in [-0.25, -0.2) is 4.98 Å². The van der Waals surface area contributed by atoms with Gasteiger partial charge in [0.25, 0.3) is 0 Å². The Balaban J connectivity index is 1.23. The molecule has 1 heterocycles. The van der Waals surface area contributed by atoms with Crippen molar-refractivity contribution < 1.29 is 14.3 Å². The van der Waals surface area contributed by atoms with Crippen molar-refractivity contribution in [3.63, 3.8) is 0 Å². The van der Waals surface area contributed by atoms with Gasteiger partial charge >= 0.3 is 5.97 Å². The van der Waals surface area contributed by atoms with E-state index in [1.165, 1.54) is 24.0 Å². The zero-order valence-electron chi connectivity index (χ0n) is 15.8. The van der Waals surface area contributed by atoms with Crippen molar-refractivity contribution in [2.75, 3.05) is 6.61 Å². The predicted octanol–water partition coefficient (Wildman–Crippen LogP) is 4.92. The zero-order valence-corrected chi connectivity index (χ0v) is 16.6. The number of para-hydroxylation sites is 1. The molecular weight excluding hydrogens is 370 g/mol. The number of carbonyl (C=O) groups excluding carboxylic acids is 2. The van der Waals surface area contributed by atoms with E-state index in [2.05, 4.69) is 11.1 Å². The van der Waals surface area contributed by atoms with Gasteiger partial charge in [-0.15, -0.1) is 11.3 Å². The highest BCUT2D eigenvalue weighted by atomic mass is 32.1. The van der Waals surface area contributed by atoms with Crippen molar-refractivity contribution in [3.05, 3.63) is 64.2 Å². The van der Waals surface area contributed by atoms with Gasteiger partial charge in [0.1, 0.15) is 0 Å². The van der Waals surface area contributed by atoms with Gasteiger partial charge < -0.3 is 4.74 Å². The third kappa shape index (κ3) is 4.47. The van der Waals surface area contributed by atoms with Gasteiger partial charge in [-0.1, -0.05) is 24.3 Å². The Bertz CT molecular complexity index is 975. The van der Waals surface area contributed by atoms with Crippen LogP contribution in [-0.4, -0.2) is 23.3 Å². The van der Waals surface area contributed by atoms with Crippen molar-refractivity contribution >= 4 is 33.3 Å². The maximum Gasteiger partial charge on any atom is 0.306 e. The van der Waals surface area contributed by atoms with E-state index in [1.807, 2.05) is 36.4 Å². The molecule has 0 amide bonds. The minimum absolute atomic E-state index is 0.132. The summed E-state index contributed by atoms with van der Waals surface area (Å²) in [6, 6.07) is 13.9. The van der Waals surface area contributed by atoms with Crippen LogP contribution in [0, 0.1) is 0 Å². The quantitative estimate of drug-likeness (QED) is 0.422. The van der Waals surface area contributed by atoms with Gasteiger partial charge in [0.2, 0.25) is 0 Å². The van der Waals surface area contributed by atoms with Crippen LogP contribution in [0.15, 0.2) is 42.5 Å². The second-order valence-corrected chi connectivity index (χ2v) is 8.32. The molecule has 4 nitrogen and oxygen atoms in total. The molecule has 1 aliphatic rings. The number of aromatic nitrogens is 1. The maximum absolute atomic E-state index is 12.3. The fraction of sp³-hybridized carbons (Fsp3) is 0.348. The zero-order chi connectivity index (χ0) is 19.3. The van der Waals surface area contributed by atoms with Gasteiger partial charge in [0.05, 0.1) is 15.2 Å². The van der Waals surface area contributed by atoms with Crippen molar-refractivity contribution in [1.82, 2.24) is 4.98 Å². The van der Waals surface area contributed by atoms with Crippen molar-refractivity contribution in [2.24, 2.45) is 0 Å². The number of thiazole rings is 1.